The molecule has 0 radical (unpaired) electrons. The second-order valence-electron chi connectivity index (χ2n) is 5.90. The number of esters is 1. The smallest absolute Gasteiger partial charge is 0.340 e. The number of hydrogen-bond donors (Lipinski definition) is 0. The van der Waals surface area contributed by atoms with E-state index >= 15 is 0 Å². The van der Waals surface area contributed by atoms with Crippen LogP contribution in [0.2, 0.25) is 5.02 Å². The first-order chi connectivity index (χ1) is 12.3. The van der Waals surface area contributed by atoms with Crippen LogP contribution in [0.1, 0.15) is 37.0 Å². The summed E-state index contributed by atoms with van der Waals surface area (Å²) in [4.78, 5) is 25.9. The molecule has 0 bridgehead atoms. The molecule has 0 atom stereocenters. The second kappa shape index (κ2) is 8.83. The zero-order valence-electron chi connectivity index (χ0n) is 14.9. The molecule has 9 heteroatoms. The molecule has 0 aromatic heterocycles. The highest BCUT2D eigenvalue weighted by Gasteiger charge is 2.25. The Morgan fingerprint density at radius 2 is 1.81 bits per heavy atom. The minimum absolute atomic E-state index is 0.0385. The van der Waals surface area contributed by atoms with Gasteiger partial charge in [0, 0.05) is 26.2 Å². The minimum Gasteiger partial charge on any atom is -0.452 e. The fourth-order valence-electron chi connectivity index (χ4n) is 2.80. The van der Waals surface area contributed by atoms with Gasteiger partial charge >= 0.3 is 5.97 Å². The third-order valence-electron chi connectivity index (χ3n) is 4.29. The van der Waals surface area contributed by atoms with Crippen LogP contribution in [-0.4, -0.2) is 62.3 Å². The molecule has 1 heterocycles. The molecular formula is C17H23ClN2O5S. The number of carbonyl (C=O) groups excluding carboxylic acids is 2. The Hall–Kier alpha value is -1.64. The van der Waals surface area contributed by atoms with E-state index in [9.17, 15) is 18.0 Å². The van der Waals surface area contributed by atoms with E-state index in [1.54, 1.807) is 18.7 Å². The Labute approximate surface area is 158 Å². The maximum Gasteiger partial charge on any atom is 0.340 e. The lowest BCUT2D eigenvalue weighted by molar-refractivity contribution is -0.133. The van der Waals surface area contributed by atoms with Gasteiger partial charge in [0.15, 0.2) is 6.61 Å². The first kappa shape index (κ1) is 20.7. The zero-order valence-corrected chi connectivity index (χ0v) is 16.5. The van der Waals surface area contributed by atoms with E-state index in [1.807, 2.05) is 0 Å². The molecule has 0 saturated carbocycles. The number of rotatable bonds is 7. The fraction of sp³-hybridized carbons (Fsp3) is 0.529. The quantitative estimate of drug-likeness (QED) is 0.652. The van der Waals surface area contributed by atoms with Crippen molar-refractivity contribution < 1.29 is 22.7 Å². The second-order valence-corrected chi connectivity index (χ2v) is 8.24. The highest BCUT2D eigenvalue weighted by molar-refractivity contribution is 7.89. The summed E-state index contributed by atoms with van der Waals surface area (Å²) in [6.45, 7) is 5.02. The number of ether oxygens (including phenoxy) is 1. The van der Waals surface area contributed by atoms with E-state index < -0.39 is 16.0 Å². The fourth-order valence-corrected chi connectivity index (χ4v) is 4.48. The topological polar surface area (TPSA) is 84.0 Å². The number of hydrogen-bond acceptors (Lipinski definition) is 5. The lowest BCUT2D eigenvalue weighted by atomic mass is 10.2. The largest absolute Gasteiger partial charge is 0.452 e. The monoisotopic (exact) mass is 402 g/mol. The van der Waals surface area contributed by atoms with Crippen LogP contribution in [0.25, 0.3) is 0 Å². The summed E-state index contributed by atoms with van der Waals surface area (Å²) in [6, 6.07) is 3.89. The maximum atomic E-state index is 12.6. The number of benzene rings is 1. The molecule has 0 aliphatic carbocycles. The highest BCUT2D eigenvalue weighted by atomic mass is 35.5. The first-order valence-electron chi connectivity index (χ1n) is 8.55. The third kappa shape index (κ3) is 4.55. The molecule has 1 saturated heterocycles. The van der Waals surface area contributed by atoms with Crippen LogP contribution in [0, 0.1) is 0 Å². The molecule has 1 aromatic rings. The Kier molecular flexibility index (Phi) is 7.02. The lowest BCUT2D eigenvalue weighted by Gasteiger charge is -2.19. The Morgan fingerprint density at radius 1 is 1.19 bits per heavy atom. The van der Waals surface area contributed by atoms with Crippen molar-refractivity contribution in [2.45, 2.75) is 31.6 Å². The molecule has 1 amide bonds. The molecule has 26 heavy (non-hydrogen) atoms. The summed E-state index contributed by atoms with van der Waals surface area (Å²) in [7, 11) is -3.73. The van der Waals surface area contributed by atoms with Crippen LogP contribution in [0.15, 0.2) is 23.1 Å². The van der Waals surface area contributed by atoms with Crippen LogP contribution in [0.5, 0.6) is 0 Å². The summed E-state index contributed by atoms with van der Waals surface area (Å²) in [5.74, 6) is -1.09. The van der Waals surface area contributed by atoms with Crippen molar-refractivity contribution in [3.8, 4) is 0 Å². The van der Waals surface area contributed by atoms with Crippen molar-refractivity contribution in [1.29, 1.82) is 0 Å². The number of halogens is 1. The first-order valence-corrected chi connectivity index (χ1v) is 10.4. The van der Waals surface area contributed by atoms with Crippen molar-refractivity contribution >= 4 is 33.5 Å². The van der Waals surface area contributed by atoms with E-state index in [1.165, 1.54) is 22.5 Å². The van der Waals surface area contributed by atoms with Crippen molar-refractivity contribution in [3.63, 3.8) is 0 Å². The van der Waals surface area contributed by atoms with E-state index in [2.05, 4.69) is 0 Å². The average molecular weight is 403 g/mol. The van der Waals surface area contributed by atoms with Crippen LogP contribution < -0.4 is 0 Å². The molecule has 1 aliphatic heterocycles. The Balaban J connectivity index is 2.15. The van der Waals surface area contributed by atoms with Gasteiger partial charge in [-0.1, -0.05) is 25.4 Å². The van der Waals surface area contributed by atoms with E-state index in [-0.39, 0.29) is 28.0 Å². The molecule has 2 rings (SSSR count). The van der Waals surface area contributed by atoms with Crippen molar-refractivity contribution in [1.82, 2.24) is 9.21 Å². The summed E-state index contributed by atoms with van der Waals surface area (Å²) >= 11 is 6.03. The predicted octanol–water partition coefficient (Wildman–Crippen LogP) is 2.15. The van der Waals surface area contributed by atoms with Crippen LogP contribution in [0.4, 0.5) is 0 Å². The van der Waals surface area contributed by atoms with Gasteiger partial charge in [-0.2, -0.15) is 4.31 Å². The van der Waals surface area contributed by atoms with Gasteiger partial charge < -0.3 is 9.64 Å². The van der Waals surface area contributed by atoms with Gasteiger partial charge in [0.2, 0.25) is 10.0 Å². The predicted molar refractivity (Wildman–Crippen MR) is 97.7 cm³/mol. The summed E-state index contributed by atoms with van der Waals surface area (Å²) in [5.41, 5.74) is -0.0749. The van der Waals surface area contributed by atoms with E-state index in [0.29, 0.717) is 26.2 Å². The van der Waals surface area contributed by atoms with Gasteiger partial charge in [-0.3, -0.25) is 4.79 Å². The normalized spacial score (nSPS) is 14.7. The number of likely N-dealkylation sites (tertiary alicyclic amines) is 1. The Bertz CT molecular complexity index is 771. The number of nitrogens with zero attached hydrogens (tertiary/aromatic N) is 2. The van der Waals surface area contributed by atoms with Crippen molar-refractivity contribution in [3.05, 3.63) is 28.8 Å². The highest BCUT2D eigenvalue weighted by Crippen LogP contribution is 2.23. The van der Waals surface area contributed by atoms with Crippen LogP contribution in [-0.2, 0) is 19.6 Å². The molecule has 7 nitrogen and oxygen atoms in total. The SMILES string of the molecule is CCN(CC)S(=O)(=O)c1ccc(Cl)c(C(=O)OCC(=O)N2CCCC2)c1. The van der Waals surface area contributed by atoms with Crippen molar-refractivity contribution in [2.24, 2.45) is 0 Å². The number of amides is 1. The number of carbonyl (C=O) groups is 2. The maximum absolute atomic E-state index is 12.6. The summed E-state index contributed by atoms with van der Waals surface area (Å²) in [6.07, 6.45) is 1.88. The van der Waals surface area contributed by atoms with Crippen LogP contribution >= 0.6 is 11.6 Å². The van der Waals surface area contributed by atoms with Crippen molar-refractivity contribution in [2.75, 3.05) is 32.8 Å². The van der Waals surface area contributed by atoms with Gasteiger partial charge in [-0.05, 0) is 31.0 Å². The standard InChI is InChI=1S/C17H23ClN2O5S/c1-3-20(4-2)26(23,24)13-7-8-15(18)14(11-13)17(22)25-12-16(21)19-9-5-6-10-19/h7-8,11H,3-6,9-10,12H2,1-2H3. The van der Waals surface area contributed by atoms with E-state index in [4.69, 9.17) is 16.3 Å². The lowest BCUT2D eigenvalue weighted by Crippen LogP contribution is -2.32. The molecule has 144 valence electrons. The van der Waals surface area contributed by atoms with Gasteiger partial charge in [0.05, 0.1) is 15.5 Å². The van der Waals surface area contributed by atoms with Gasteiger partial charge in [0.1, 0.15) is 0 Å². The van der Waals surface area contributed by atoms with Gasteiger partial charge in [-0.15, -0.1) is 0 Å². The molecule has 0 unspecified atom stereocenters. The molecule has 1 fully saturated rings. The molecule has 0 spiro atoms. The average Bonchev–Trinajstić information content (AvgIpc) is 3.15. The van der Waals surface area contributed by atoms with E-state index in [0.717, 1.165) is 12.8 Å². The minimum atomic E-state index is -3.73. The molecule has 1 aromatic carbocycles. The Morgan fingerprint density at radius 3 is 2.38 bits per heavy atom. The summed E-state index contributed by atoms with van der Waals surface area (Å²) in [5, 5.41) is 0.0714. The van der Waals surface area contributed by atoms with Gasteiger partial charge in [0.25, 0.3) is 5.91 Å². The molecule has 0 N–H and O–H groups in total. The van der Waals surface area contributed by atoms with Gasteiger partial charge in [-0.25, -0.2) is 13.2 Å². The molecule has 1 aliphatic rings. The summed E-state index contributed by atoms with van der Waals surface area (Å²) < 4.78 is 31.5. The third-order valence-corrected chi connectivity index (χ3v) is 6.66. The zero-order chi connectivity index (χ0) is 19.3. The molecular weight excluding hydrogens is 380 g/mol. The number of sulfonamides is 1. The van der Waals surface area contributed by atoms with Crippen LogP contribution in [0.3, 0.4) is 0 Å².